The van der Waals surface area contributed by atoms with Crippen molar-refractivity contribution in [1.82, 2.24) is 0 Å². The van der Waals surface area contributed by atoms with Gasteiger partial charge in [0.15, 0.2) is 11.2 Å². The molecule has 82 heavy (non-hydrogen) atoms. The van der Waals surface area contributed by atoms with Gasteiger partial charge >= 0.3 is 0 Å². The summed E-state index contributed by atoms with van der Waals surface area (Å²) in [5.74, 6) is 0. The summed E-state index contributed by atoms with van der Waals surface area (Å²) in [5.41, 5.74) is 21.5. The third-order valence-electron chi connectivity index (χ3n) is 16.8. The van der Waals surface area contributed by atoms with Gasteiger partial charge in [-0.2, -0.15) is 0 Å². The molecule has 0 aliphatic carbocycles. The lowest BCUT2D eigenvalue weighted by molar-refractivity contribution is 0.668. The van der Waals surface area contributed by atoms with Crippen molar-refractivity contribution in [2.24, 2.45) is 0 Å². The van der Waals surface area contributed by atoms with Gasteiger partial charge in [-0.05, 0) is 122 Å². The van der Waals surface area contributed by atoms with E-state index in [-0.39, 0.29) is 0 Å². The van der Waals surface area contributed by atoms with Crippen molar-refractivity contribution >= 4 is 141 Å². The van der Waals surface area contributed by atoms with Gasteiger partial charge in [0.25, 0.3) is 0 Å². The smallest absolute Gasteiger partial charge is 0.159 e. The van der Waals surface area contributed by atoms with Crippen LogP contribution >= 0.6 is 22.7 Å². The van der Waals surface area contributed by atoms with Gasteiger partial charge < -0.3 is 18.6 Å². The van der Waals surface area contributed by atoms with E-state index in [1.165, 1.54) is 73.7 Å². The Bertz CT molecular complexity index is 4940. The van der Waals surface area contributed by atoms with E-state index in [0.29, 0.717) is 0 Å². The second-order valence-electron chi connectivity index (χ2n) is 21.7. The van der Waals surface area contributed by atoms with E-state index in [9.17, 15) is 0 Å². The zero-order valence-electron chi connectivity index (χ0n) is 45.6. The van der Waals surface area contributed by atoms with E-state index in [2.05, 4.69) is 280 Å². The maximum absolute atomic E-state index is 6.90. The van der Waals surface area contributed by atoms with Crippen LogP contribution in [0, 0.1) is 27.7 Å². The molecule has 16 aromatic rings. The number of furan rings is 2. The Kier molecular flexibility index (Phi) is 11.1. The number of anilines is 6. The van der Waals surface area contributed by atoms with E-state index < -0.39 is 0 Å². The Morgan fingerprint density at radius 3 is 1.10 bits per heavy atom. The number of nitrogens with zero attached hydrogens (tertiary/aromatic N) is 2. The summed E-state index contributed by atoms with van der Waals surface area (Å²) >= 11 is 3.74. The molecule has 0 radical (unpaired) electrons. The molecule has 0 saturated carbocycles. The van der Waals surface area contributed by atoms with Crippen molar-refractivity contribution in [2.75, 3.05) is 9.80 Å². The molecule has 4 heterocycles. The molecule has 4 aromatic heterocycles. The lowest BCUT2D eigenvalue weighted by Crippen LogP contribution is -2.14. The molecule has 6 heteroatoms. The van der Waals surface area contributed by atoms with Crippen LogP contribution in [-0.2, 0) is 0 Å². The SMILES string of the molecule is Cc1cc(-c2ccc(N(c3c(C)cccc3-c3cccc4c3sc3ccccc34)c3cccc4c3oc3ccccc34)c(C)c2)ccc1N(c1c(C)cccc1-c1cccc2c1sc1ccccc12)c1cccc2c1oc1ccccc12. The predicted octanol–water partition coefficient (Wildman–Crippen LogP) is 23.4. The van der Waals surface area contributed by atoms with Gasteiger partial charge in [0, 0.05) is 95.5 Å². The number of aryl methyl sites for hydroxylation is 4. The molecule has 0 N–H and O–H groups in total. The van der Waals surface area contributed by atoms with E-state index in [0.717, 1.165) is 100 Å². The van der Waals surface area contributed by atoms with Crippen LogP contribution < -0.4 is 9.80 Å². The van der Waals surface area contributed by atoms with Crippen molar-refractivity contribution in [1.29, 1.82) is 0 Å². The summed E-state index contributed by atoms with van der Waals surface area (Å²) in [6.45, 7) is 8.99. The monoisotopic (exact) mass is 1090 g/mol. The van der Waals surface area contributed by atoms with Crippen molar-refractivity contribution in [3.63, 3.8) is 0 Å². The lowest BCUT2D eigenvalue weighted by Gasteiger charge is -2.31. The summed E-state index contributed by atoms with van der Waals surface area (Å²) in [6, 6.07) is 88.4. The van der Waals surface area contributed by atoms with Gasteiger partial charge in [0.05, 0.1) is 22.7 Å². The van der Waals surface area contributed by atoms with Crippen LogP contribution in [-0.4, -0.2) is 0 Å². The Morgan fingerprint density at radius 1 is 0.280 bits per heavy atom. The first-order valence-corrected chi connectivity index (χ1v) is 29.6. The van der Waals surface area contributed by atoms with Crippen LogP contribution in [0.4, 0.5) is 34.1 Å². The highest BCUT2D eigenvalue weighted by Gasteiger charge is 2.29. The van der Waals surface area contributed by atoms with E-state index in [4.69, 9.17) is 8.83 Å². The van der Waals surface area contributed by atoms with Gasteiger partial charge in [-0.1, -0.05) is 182 Å². The van der Waals surface area contributed by atoms with Crippen LogP contribution in [0.2, 0.25) is 0 Å². The number of para-hydroxylation sites is 6. The molecule has 16 rings (SSSR count). The summed E-state index contributed by atoms with van der Waals surface area (Å²) in [5, 5.41) is 9.50. The van der Waals surface area contributed by atoms with Crippen molar-refractivity contribution in [2.45, 2.75) is 27.7 Å². The van der Waals surface area contributed by atoms with Gasteiger partial charge in [-0.3, -0.25) is 0 Å². The molecular formula is C76H52N2O2S2. The van der Waals surface area contributed by atoms with Gasteiger partial charge in [0.1, 0.15) is 11.2 Å². The van der Waals surface area contributed by atoms with E-state index >= 15 is 0 Å². The topological polar surface area (TPSA) is 32.8 Å². The quantitative estimate of drug-likeness (QED) is 0.144. The van der Waals surface area contributed by atoms with Gasteiger partial charge in [-0.25, -0.2) is 0 Å². The molecule has 12 aromatic carbocycles. The predicted molar refractivity (Wildman–Crippen MR) is 351 cm³/mol. The number of fused-ring (bicyclic) bond motifs is 12. The first-order chi connectivity index (χ1) is 40.3. The lowest BCUT2D eigenvalue weighted by atomic mass is 9.94. The highest BCUT2D eigenvalue weighted by molar-refractivity contribution is 7.26. The number of rotatable bonds is 9. The minimum absolute atomic E-state index is 0.855. The largest absolute Gasteiger partial charge is 0.454 e. The standard InChI is InChI=1S/C76H52N2O2S2/c1-45-19-13-25-55(61-31-15-29-59-53-23-7-11-37-69(53)81-75(59)61)71(45)77(65-33-17-27-57-51-21-5-9-35-67(51)79-73(57)65)63-41-39-49(43-47(63)3)50-40-42-64(48(4)44-50)78(66-34-18-28-58-52-22-6-10-36-68(52)80-74(58)66)72-46(2)20-14-26-56(72)62-32-16-30-60-54-24-8-12-38-70(54)82-76(60)62/h5-44H,1-4H3. The average Bonchev–Trinajstić information content (AvgIpc) is 4.09. The van der Waals surface area contributed by atoms with Crippen LogP contribution in [0.25, 0.3) is 118 Å². The average molecular weight is 1090 g/mol. The summed E-state index contributed by atoms with van der Waals surface area (Å²) < 4.78 is 18.9. The molecule has 0 bridgehead atoms. The highest BCUT2D eigenvalue weighted by Crippen LogP contribution is 2.53. The Hall–Kier alpha value is -9.72. The maximum Gasteiger partial charge on any atom is 0.159 e. The van der Waals surface area contributed by atoms with Crippen molar-refractivity contribution < 1.29 is 8.83 Å². The van der Waals surface area contributed by atoms with Crippen LogP contribution in [0.15, 0.2) is 251 Å². The Morgan fingerprint density at radius 2 is 0.646 bits per heavy atom. The molecule has 4 nitrogen and oxygen atoms in total. The zero-order chi connectivity index (χ0) is 54.7. The third-order valence-corrected chi connectivity index (χ3v) is 19.2. The molecule has 0 aliphatic heterocycles. The summed E-state index contributed by atoms with van der Waals surface area (Å²) in [7, 11) is 0. The fraction of sp³-hybridized carbons (Fsp3) is 0.0526. The van der Waals surface area contributed by atoms with Crippen molar-refractivity contribution in [3.8, 4) is 33.4 Å². The normalized spacial score (nSPS) is 11.9. The zero-order valence-corrected chi connectivity index (χ0v) is 47.3. The second-order valence-corrected chi connectivity index (χ2v) is 23.8. The van der Waals surface area contributed by atoms with Crippen LogP contribution in [0.1, 0.15) is 22.3 Å². The van der Waals surface area contributed by atoms with E-state index in [1.807, 2.05) is 22.7 Å². The molecule has 0 fully saturated rings. The Balaban J connectivity index is 0.869. The highest BCUT2D eigenvalue weighted by atomic mass is 32.1. The number of thiophene rings is 2. The van der Waals surface area contributed by atoms with Gasteiger partial charge in [0.2, 0.25) is 0 Å². The number of benzene rings is 12. The van der Waals surface area contributed by atoms with Crippen LogP contribution in [0.5, 0.6) is 0 Å². The fourth-order valence-electron chi connectivity index (χ4n) is 13.0. The Labute approximate surface area is 482 Å². The molecule has 0 saturated heterocycles. The van der Waals surface area contributed by atoms with E-state index in [1.54, 1.807) is 0 Å². The molecule has 0 aliphatic rings. The molecule has 390 valence electrons. The minimum atomic E-state index is 0.855. The van der Waals surface area contributed by atoms with Gasteiger partial charge in [-0.15, -0.1) is 22.7 Å². The van der Waals surface area contributed by atoms with Crippen molar-refractivity contribution in [3.05, 3.63) is 265 Å². The number of hydrogen-bond acceptors (Lipinski definition) is 6. The third kappa shape index (κ3) is 7.49. The van der Waals surface area contributed by atoms with Crippen LogP contribution in [0.3, 0.4) is 0 Å². The first-order valence-electron chi connectivity index (χ1n) is 28.0. The summed E-state index contributed by atoms with van der Waals surface area (Å²) in [4.78, 5) is 4.93. The molecule has 0 atom stereocenters. The molecule has 0 unspecified atom stereocenters. The minimum Gasteiger partial charge on any atom is -0.454 e. The molecule has 0 amide bonds. The molecule has 0 spiro atoms. The number of hydrogen-bond donors (Lipinski definition) is 0. The molecular weight excluding hydrogens is 1040 g/mol. The first kappa shape index (κ1) is 48.2. The fourth-order valence-corrected chi connectivity index (χ4v) is 15.5. The maximum atomic E-state index is 6.90. The second kappa shape index (κ2) is 19.0. The summed E-state index contributed by atoms with van der Waals surface area (Å²) in [6.07, 6.45) is 0.